The van der Waals surface area contributed by atoms with Crippen LogP contribution < -0.4 is 0 Å². The van der Waals surface area contributed by atoms with E-state index in [-0.39, 0.29) is 58.0 Å². The Kier molecular flexibility index (Phi) is 4.78. The minimum atomic E-state index is -0.530. The molecule has 0 amide bonds. The third kappa shape index (κ3) is 2.65. The van der Waals surface area contributed by atoms with Crippen molar-refractivity contribution < 1.29 is 28.6 Å². The molecule has 6 heteroatoms. The maximum Gasteiger partial charge on any atom is 0.306 e. The summed E-state index contributed by atoms with van der Waals surface area (Å²) >= 11 is 0. The summed E-state index contributed by atoms with van der Waals surface area (Å²) in [5, 5.41) is 0. The van der Waals surface area contributed by atoms with Crippen LogP contribution in [0.3, 0.4) is 0 Å². The van der Waals surface area contributed by atoms with Crippen LogP contribution in [0.15, 0.2) is 11.6 Å². The molecule has 0 aromatic carbocycles. The Hall–Kier alpha value is -1.69. The highest BCUT2D eigenvalue weighted by Gasteiger charge is 2.81. The molecule has 6 nitrogen and oxygen atoms in total. The van der Waals surface area contributed by atoms with Gasteiger partial charge in [0.2, 0.25) is 0 Å². The molecule has 0 N–H and O–H groups in total. The Morgan fingerprint density at radius 3 is 2.56 bits per heavy atom. The predicted molar refractivity (Wildman–Crippen MR) is 117 cm³/mol. The fourth-order valence-corrected chi connectivity index (χ4v) is 8.46. The molecule has 5 unspecified atom stereocenters. The van der Waals surface area contributed by atoms with Crippen LogP contribution in [0.4, 0.5) is 0 Å². The van der Waals surface area contributed by atoms with Crippen molar-refractivity contribution in [2.24, 2.45) is 28.6 Å². The van der Waals surface area contributed by atoms with Gasteiger partial charge in [0.05, 0.1) is 13.2 Å². The van der Waals surface area contributed by atoms with Gasteiger partial charge in [-0.2, -0.15) is 0 Å². The first kappa shape index (κ1) is 22.1. The van der Waals surface area contributed by atoms with E-state index in [0.29, 0.717) is 19.3 Å². The first-order chi connectivity index (χ1) is 15.0. The summed E-state index contributed by atoms with van der Waals surface area (Å²) in [6.07, 6.45) is 7.25. The van der Waals surface area contributed by atoms with Crippen molar-refractivity contribution >= 4 is 17.7 Å². The van der Waals surface area contributed by atoms with E-state index in [4.69, 9.17) is 14.2 Å². The highest BCUT2D eigenvalue weighted by Crippen LogP contribution is 2.76. The zero-order valence-electron chi connectivity index (χ0n) is 20.0. The van der Waals surface area contributed by atoms with Gasteiger partial charge in [0.15, 0.2) is 5.78 Å². The number of cyclic esters (lactones) is 1. The summed E-state index contributed by atoms with van der Waals surface area (Å²) in [5.74, 6) is 0.288. The molecule has 1 spiro atoms. The second-order valence-electron chi connectivity index (χ2n) is 11.5. The minimum absolute atomic E-state index is 0.0444. The lowest BCUT2D eigenvalue weighted by Gasteiger charge is -2.61. The molecule has 3 aliphatic carbocycles. The topological polar surface area (TPSA) is 82.2 Å². The normalized spacial score (nSPS) is 49.3. The molecule has 5 rings (SSSR count). The summed E-state index contributed by atoms with van der Waals surface area (Å²) in [5.41, 5.74) is -0.156. The highest BCUT2D eigenvalue weighted by molar-refractivity contribution is 5.92. The fraction of sp³-hybridized carbons (Fsp3) is 0.808. The van der Waals surface area contributed by atoms with Crippen LogP contribution in [0.5, 0.6) is 0 Å². The fourth-order valence-electron chi connectivity index (χ4n) is 8.46. The first-order valence-corrected chi connectivity index (χ1v) is 12.2. The van der Waals surface area contributed by atoms with E-state index < -0.39 is 5.60 Å². The molecule has 2 aliphatic heterocycles. The van der Waals surface area contributed by atoms with Crippen LogP contribution in [-0.4, -0.2) is 42.1 Å². The van der Waals surface area contributed by atoms with E-state index in [1.165, 1.54) is 7.11 Å². The Morgan fingerprint density at radius 2 is 1.94 bits per heavy atom. The van der Waals surface area contributed by atoms with Gasteiger partial charge >= 0.3 is 11.9 Å². The van der Waals surface area contributed by atoms with Crippen molar-refractivity contribution in [1.82, 2.24) is 0 Å². The van der Waals surface area contributed by atoms with Crippen molar-refractivity contribution in [3.8, 4) is 0 Å². The summed E-state index contributed by atoms with van der Waals surface area (Å²) < 4.78 is 17.8. The van der Waals surface area contributed by atoms with Gasteiger partial charge < -0.3 is 14.2 Å². The number of ketones is 1. The minimum Gasteiger partial charge on any atom is -0.469 e. The number of esters is 2. The number of epoxide rings is 1. The lowest BCUT2D eigenvalue weighted by atomic mass is 9.41. The number of ether oxygens (including phenoxy) is 3. The van der Waals surface area contributed by atoms with Crippen molar-refractivity contribution in [2.75, 3.05) is 7.11 Å². The summed E-state index contributed by atoms with van der Waals surface area (Å²) in [4.78, 5) is 37.0. The smallest absolute Gasteiger partial charge is 0.306 e. The molecular formula is C26H36O6. The lowest BCUT2D eigenvalue weighted by Crippen LogP contribution is -2.64. The molecule has 8 atom stereocenters. The van der Waals surface area contributed by atoms with Crippen molar-refractivity contribution in [2.45, 2.75) is 96.4 Å². The van der Waals surface area contributed by atoms with E-state index in [9.17, 15) is 14.4 Å². The van der Waals surface area contributed by atoms with E-state index in [0.717, 1.165) is 37.7 Å². The van der Waals surface area contributed by atoms with Crippen LogP contribution in [0.25, 0.3) is 0 Å². The molecule has 32 heavy (non-hydrogen) atoms. The Balaban J connectivity index is 1.62. The molecule has 0 radical (unpaired) electrons. The number of hydrogen-bond acceptors (Lipinski definition) is 6. The molecule has 5 aliphatic rings. The summed E-state index contributed by atoms with van der Waals surface area (Å²) in [6, 6.07) is 0. The van der Waals surface area contributed by atoms with Gasteiger partial charge in [-0.15, -0.1) is 0 Å². The van der Waals surface area contributed by atoms with Gasteiger partial charge in [-0.3, -0.25) is 14.4 Å². The molecule has 0 aromatic rings. The van der Waals surface area contributed by atoms with Crippen LogP contribution in [0.1, 0.15) is 79.1 Å². The first-order valence-electron chi connectivity index (χ1n) is 12.2. The van der Waals surface area contributed by atoms with Gasteiger partial charge in [-0.1, -0.05) is 32.8 Å². The van der Waals surface area contributed by atoms with Crippen LogP contribution in [-0.2, 0) is 28.6 Å². The predicted octanol–water partition coefficient (Wildman–Crippen LogP) is 4.15. The average Bonchev–Trinajstić information content (AvgIpc) is 3.35. The summed E-state index contributed by atoms with van der Waals surface area (Å²) in [6.45, 7) is 8.87. The Morgan fingerprint density at radius 1 is 1.19 bits per heavy atom. The van der Waals surface area contributed by atoms with Crippen LogP contribution in [0.2, 0.25) is 0 Å². The number of allylic oxidation sites excluding steroid dienone is 1. The van der Waals surface area contributed by atoms with Gasteiger partial charge in [0, 0.05) is 30.1 Å². The molecule has 2 saturated carbocycles. The summed E-state index contributed by atoms with van der Waals surface area (Å²) in [7, 11) is 1.44. The van der Waals surface area contributed by atoms with Gasteiger partial charge in [0.25, 0.3) is 0 Å². The van der Waals surface area contributed by atoms with Gasteiger partial charge in [-0.05, 0) is 56.4 Å². The number of fused-ring (bicyclic) bond motifs is 1. The van der Waals surface area contributed by atoms with Gasteiger partial charge in [0.1, 0.15) is 11.2 Å². The van der Waals surface area contributed by atoms with Gasteiger partial charge in [-0.25, -0.2) is 0 Å². The standard InChI is InChI=1S/C26H36O6/c1-6-18-22-15(12-21(29)30-5)11-16-13-17(27)7-9-23(16,2)26(22)19(31-26)14-24(18,3)25(4)10-8-20(28)32-25/h13,15,18-19,22H,6-12,14H2,1-5H3/t15-,18?,19?,22?,23?,24?,25+,26+/m0/s1. The Labute approximate surface area is 190 Å². The zero-order chi connectivity index (χ0) is 23.1. The van der Waals surface area contributed by atoms with E-state index in [1.54, 1.807) is 0 Å². The monoisotopic (exact) mass is 444 g/mol. The zero-order valence-corrected chi connectivity index (χ0v) is 20.0. The molecule has 2 saturated heterocycles. The maximum absolute atomic E-state index is 12.5. The molecule has 0 aromatic heterocycles. The molecule has 4 fully saturated rings. The van der Waals surface area contributed by atoms with Crippen molar-refractivity contribution in [1.29, 1.82) is 0 Å². The molecular weight excluding hydrogens is 408 g/mol. The molecule has 2 heterocycles. The number of carbonyl (C=O) groups is 3. The highest BCUT2D eigenvalue weighted by atomic mass is 16.6. The Bertz CT molecular complexity index is 908. The molecule has 176 valence electrons. The number of methoxy groups -OCH3 is 1. The SMILES string of the molecule is CCC1C2[C@H](CC(=O)OC)CC3=CC(=O)CCC3(C)[C@]23OC3CC1(C)[C@@]1(C)CCC(=O)O1. The van der Waals surface area contributed by atoms with Crippen molar-refractivity contribution in [3.05, 3.63) is 11.6 Å². The number of rotatable bonds is 4. The maximum atomic E-state index is 12.5. The molecule has 0 bridgehead atoms. The third-order valence-electron chi connectivity index (χ3n) is 10.3. The average molecular weight is 445 g/mol. The van der Waals surface area contributed by atoms with E-state index >= 15 is 0 Å². The number of carbonyl (C=O) groups excluding carboxylic acids is 3. The second kappa shape index (κ2) is 6.91. The van der Waals surface area contributed by atoms with Crippen LogP contribution in [0, 0.1) is 28.6 Å². The van der Waals surface area contributed by atoms with E-state index in [2.05, 4.69) is 27.7 Å². The largest absolute Gasteiger partial charge is 0.469 e. The number of hydrogen-bond donors (Lipinski definition) is 0. The van der Waals surface area contributed by atoms with E-state index in [1.807, 2.05) is 6.08 Å². The quantitative estimate of drug-likeness (QED) is 0.479. The lowest BCUT2D eigenvalue weighted by molar-refractivity contribution is -0.179. The van der Waals surface area contributed by atoms with Crippen molar-refractivity contribution in [3.63, 3.8) is 0 Å². The second-order valence-corrected chi connectivity index (χ2v) is 11.5. The third-order valence-corrected chi connectivity index (χ3v) is 10.3. The van der Waals surface area contributed by atoms with Crippen LogP contribution >= 0.6 is 0 Å².